The van der Waals surface area contributed by atoms with E-state index in [-0.39, 0.29) is 0 Å². The number of rotatable bonds is 2. The molecule has 0 nitrogen and oxygen atoms in total. The molecule has 1 fully saturated rings. The van der Waals surface area contributed by atoms with E-state index in [0.29, 0.717) is 0 Å². The first-order chi connectivity index (χ1) is 4.25. The van der Waals surface area contributed by atoms with Gasteiger partial charge in [-0.2, -0.15) is 0 Å². The molecule has 0 amide bonds. The van der Waals surface area contributed by atoms with Crippen LogP contribution in [0.2, 0.25) is 0 Å². The average molecular weight is 124 g/mol. The molecule has 0 N–H and O–H groups in total. The number of hydrogen-bond donors (Lipinski definition) is 0. The maximum Gasteiger partial charge on any atom is -0.0177 e. The van der Waals surface area contributed by atoms with Gasteiger partial charge in [-0.05, 0) is 31.6 Å². The minimum atomic E-state index is 0.949. The lowest BCUT2D eigenvalue weighted by atomic mass is 10.1. The molecule has 52 valence electrons. The molecule has 2 atom stereocenters. The lowest BCUT2D eigenvalue weighted by molar-refractivity contribution is 0.849. The molecule has 2 unspecified atom stereocenters. The van der Waals surface area contributed by atoms with Crippen LogP contribution in [0, 0.1) is 11.8 Å². The predicted octanol–water partition coefficient (Wildman–Crippen LogP) is 3.00. The largest absolute Gasteiger partial charge is 0.0856 e. The van der Waals surface area contributed by atoms with E-state index in [2.05, 4.69) is 26.8 Å². The Bertz CT molecular complexity index is 122. The van der Waals surface area contributed by atoms with E-state index in [1.807, 2.05) is 0 Å². The van der Waals surface area contributed by atoms with Gasteiger partial charge in [0.2, 0.25) is 0 Å². The zero-order valence-corrected chi connectivity index (χ0v) is 6.65. The summed E-state index contributed by atoms with van der Waals surface area (Å²) in [4.78, 5) is 0. The Labute approximate surface area is 58.0 Å². The van der Waals surface area contributed by atoms with Gasteiger partial charge in [-0.3, -0.25) is 0 Å². The highest BCUT2D eigenvalue weighted by molar-refractivity contribution is 5.11. The van der Waals surface area contributed by atoms with Crippen LogP contribution in [0.4, 0.5) is 0 Å². The van der Waals surface area contributed by atoms with Gasteiger partial charge in [-0.1, -0.05) is 25.5 Å². The first-order valence-electron chi connectivity index (χ1n) is 3.92. The zero-order chi connectivity index (χ0) is 6.85. The van der Waals surface area contributed by atoms with Crippen molar-refractivity contribution in [1.29, 1.82) is 0 Å². The van der Waals surface area contributed by atoms with Gasteiger partial charge >= 0.3 is 0 Å². The summed E-state index contributed by atoms with van der Waals surface area (Å²) < 4.78 is 0. The van der Waals surface area contributed by atoms with Gasteiger partial charge < -0.3 is 0 Å². The van der Waals surface area contributed by atoms with Crippen molar-refractivity contribution < 1.29 is 0 Å². The van der Waals surface area contributed by atoms with Gasteiger partial charge in [-0.15, -0.1) is 0 Å². The Kier molecular flexibility index (Phi) is 1.94. The van der Waals surface area contributed by atoms with Gasteiger partial charge in [-0.25, -0.2) is 0 Å². The van der Waals surface area contributed by atoms with Crippen molar-refractivity contribution >= 4 is 0 Å². The van der Waals surface area contributed by atoms with E-state index < -0.39 is 0 Å². The summed E-state index contributed by atoms with van der Waals surface area (Å²) in [6, 6.07) is 0. The molecule has 0 aromatic rings. The highest BCUT2D eigenvalue weighted by atomic mass is 14.4. The number of hydrogen-bond acceptors (Lipinski definition) is 0. The maximum atomic E-state index is 2.36. The van der Waals surface area contributed by atoms with Gasteiger partial charge in [0, 0.05) is 0 Å². The van der Waals surface area contributed by atoms with Gasteiger partial charge in [0.25, 0.3) is 0 Å². The van der Waals surface area contributed by atoms with E-state index in [4.69, 9.17) is 0 Å². The van der Waals surface area contributed by atoms with Crippen LogP contribution in [0.5, 0.6) is 0 Å². The summed E-state index contributed by atoms with van der Waals surface area (Å²) in [5, 5.41) is 0. The molecule has 0 radical (unpaired) electrons. The summed E-state index contributed by atoms with van der Waals surface area (Å²) in [6.07, 6.45) is 4.99. The molecule has 0 spiro atoms. The molecule has 9 heavy (non-hydrogen) atoms. The molecule has 0 heterocycles. The number of allylic oxidation sites excluding steroid dienone is 2. The summed E-state index contributed by atoms with van der Waals surface area (Å²) >= 11 is 0. The molecule has 1 aliphatic rings. The van der Waals surface area contributed by atoms with Crippen molar-refractivity contribution in [2.24, 2.45) is 11.8 Å². The van der Waals surface area contributed by atoms with E-state index in [1.54, 1.807) is 5.57 Å². The third-order valence-electron chi connectivity index (χ3n) is 2.22. The Morgan fingerprint density at radius 3 is 2.56 bits per heavy atom. The monoisotopic (exact) mass is 124 g/mol. The van der Waals surface area contributed by atoms with E-state index in [1.165, 1.54) is 12.8 Å². The van der Waals surface area contributed by atoms with Gasteiger partial charge in [0.15, 0.2) is 0 Å². The second-order valence-electron chi connectivity index (χ2n) is 3.18. The molecular weight excluding hydrogens is 108 g/mol. The lowest BCUT2D eigenvalue weighted by Crippen LogP contribution is -1.79. The maximum absolute atomic E-state index is 2.36. The quantitative estimate of drug-likeness (QED) is 0.496. The molecule has 0 aromatic carbocycles. The summed E-state index contributed by atoms with van der Waals surface area (Å²) in [7, 11) is 0. The third kappa shape index (κ3) is 1.57. The van der Waals surface area contributed by atoms with Crippen LogP contribution < -0.4 is 0 Å². The molecular formula is C9H16. The fourth-order valence-corrected chi connectivity index (χ4v) is 1.43. The molecule has 0 saturated heterocycles. The van der Waals surface area contributed by atoms with Gasteiger partial charge in [0.1, 0.15) is 0 Å². The fourth-order valence-electron chi connectivity index (χ4n) is 1.43. The lowest BCUT2D eigenvalue weighted by Gasteiger charge is -1.94. The smallest absolute Gasteiger partial charge is 0.0177 e. The standard InChI is InChI=1S/C9H16/c1-4-5-7(2)9-6-8(9)3/h5,8-9H,4,6H2,1-3H3/b7-5+. The normalized spacial score (nSPS) is 34.8. The van der Waals surface area contributed by atoms with Crippen molar-refractivity contribution in [2.75, 3.05) is 0 Å². The average Bonchev–Trinajstić information content (AvgIpc) is 2.47. The van der Waals surface area contributed by atoms with Crippen molar-refractivity contribution in [3.8, 4) is 0 Å². The second-order valence-corrected chi connectivity index (χ2v) is 3.18. The Hall–Kier alpha value is -0.260. The third-order valence-corrected chi connectivity index (χ3v) is 2.22. The van der Waals surface area contributed by atoms with E-state index in [9.17, 15) is 0 Å². The highest BCUT2D eigenvalue weighted by Crippen LogP contribution is 2.43. The van der Waals surface area contributed by atoms with Gasteiger partial charge in [0.05, 0.1) is 0 Å². The SMILES string of the molecule is CC/C=C(\C)C1CC1C. The summed E-state index contributed by atoms with van der Waals surface area (Å²) in [6.45, 7) is 6.80. The summed E-state index contributed by atoms with van der Waals surface area (Å²) in [5.41, 5.74) is 1.62. The van der Waals surface area contributed by atoms with E-state index >= 15 is 0 Å². The highest BCUT2D eigenvalue weighted by Gasteiger charge is 2.33. The van der Waals surface area contributed by atoms with Crippen LogP contribution in [0.1, 0.15) is 33.6 Å². The van der Waals surface area contributed by atoms with E-state index in [0.717, 1.165) is 11.8 Å². The molecule has 1 saturated carbocycles. The fraction of sp³-hybridized carbons (Fsp3) is 0.778. The molecule has 0 aliphatic heterocycles. The van der Waals surface area contributed by atoms with Crippen LogP contribution in [-0.4, -0.2) is 0 Å². The Balaban J connectivity index is 2.35. The molecule has 0 heteroatoms. The first-order valence-corrected chi connectivity index (χ1v) is 3.92. The van der Waals surface area contributed by atoms with Crippen molar-refractivity contribution in [1.82, 2.24) is 0 Å². The van der Waals surface area contributed by atoms with Crippen molar-refractivity contribution in [3.05, 3.63) is 11.6 Å². The Morgan fingerprint density at radius 1 is 1.67 bits per heavy atom. The van der Waals surface area contributed by atoms with Crippen LogP contribution in [-0.2, 0) is 0 Å². The zero-order valence-electron chi connectivity index (χ0n) is 6.65. The van der Waals surface area contributed by atoms with Crippen molar-refractivity contribution in [3.63, 3.8) is 0 Å². The minimum Gasteiger partial charge on any atom is -0.0856 e. The molecule has 1 aliphatic carbocycles. The predicted molar refractivity (Wildman–Crippen MR) is 41.3 cm³/mol. The molecule has 0 bridgehead atoms. The van der Waals surface area contributed by atoms with Crippen molar-refractivity contribution in [2.45, 2.75) is 33.6 Å². The second kappa shape index (κ2) is 2.55. The first kappa shape index (κ1) is 6.85. The Morgan fingerprint density at radius 2 is 2.22 bits per heavy atom. The van der Waals surface area contributed by atoms with Crippen LogP contribution in [0.25, 0.3) is 0 Å². The van der Waals surface area contributed by atoms with Crippen LogP contribution >= 0.6 is 0 Å². The molecule has 1 rings (SSSR count). The minimum absolute atomic E-state index is 0.949. The van der Waals surface area contributed by atoms with Crippen LogP contribution in [0.3, 0.4) is 0 Å². The molecule has 0 aromatic heterocycles. The summed E-state index contributed by atoms with van der Waals surface area (Å²) in [5.74, 6) is 1.93. The topological polar surface area (TPSA) is 0 Å². The van der Waals surface area contributed by atoms with Crippen LogP contribution in [0.15, 0.2) is 11.6 Å².